The molecule has 1 amide bonds. The Morgan fingerprint density at radius 2 is 1.97 bits per heavy atom. The summed E-state index contributed by atoms with van der Waals surface area (Å²) in [6.45, 7) is 5.76. The lowest BCUT2D eigenvalue weighted by atomic mass is 10.2. The van der Waals surface area contributed by atoms with Gasteiger partial charge < -0.3 is 15.0 Å². The van der Waals surface area contributed by atoms with Crippen LogP contribution in [0.5, 0.6) is 0 Å². The molecule has 1 saturated heterocycles. The number of morpholine rings is 1. The van der Waals surface area contributed by atoms with E-state index in [4.69, 9.17) is 4.74 Å². The third kappa shape index (κ3) is 4.17. The molecule has 0 radical (unpaired) electrons. The number of thiophene rings is 1. The highest BCUT2D eigenvalue weighted by molar-refractivity contribution is 7.20. The highest BCUT2D eigenvalue weighted by Crippen LogP contribution is 2.29. The molecule has 0 spiro atoms. The number of rotatable bonds is 5. The van der Waals surface area contributed by atoms with E-state index in [1.165, 1.54) is 16.9 Å². The number of carbonyl (C=O) groups is 1. The molecule has 1 N–H and O–H groups in total. The number of carbonyl (C=O) groups excluding carboxylic acids is 1. The minimum Gasteiger partial charge on any atom is -0.378 e. The molecule has 7 nitrogen and oxygen atoms in total. The Hall–Kier alpha value is -3.23. The van der Waals surface area contributed by atoms with E-state index in [-0.39, 0.29) is 5.91 Å². The number of pyridine rings is 1. The molecule has 0 bridgehead atoms. The van der Waals surface area contributed by atoms with Gasteiger partial charge >= 0.3 is 0 Å². The first-order valence-corrected chi connectivity index (χ1v) is 11.1. The van der Waals surface area contributed by atoms with Crippen LogP contribution < -0.4 is 10.2 Å². The molecule has 0 unspecified atom stereocenters. The average molecular weight is 434 g/mol. The van der Waals surface area contributed by atoms with Gasteiger partial charge in [0, 0.05) is 18.5 Å². The van der Waals surface area contributed by atoms with E-state index in [2.05, 4.69) is 32.4 Å². The highest BCUT2D eigenvalue weighted by atomic mass is 32.1. The van der Waals surface area contributed by atoms with Crippen LogP contribution in [-0.4, -0.2) is 47.0 Å². The van der Waals surface area contributed by atoms with Gasteiger partial charge in [-0.25, -0.2) is 4.98 Å². The predicted octanol–water partition coefficient (Wildman–Crippen LogP) is 3.94. The summed E-state index contributed by atoms with van der Waals surface area (Å²) in [7, 11) is 0. The minimum absolute atomic E-state index is 0.132. The van der Waals surface area contributed by atoms with Crippen LogP contribution in [0.2, 0.25) is 0 Å². The quantitative estimate of drug-likeness (QED) is 0.516. The van der Waals surface area contributed by atoms with Crippen LogP contribution in [0, 0.1) is 6.92 Å². The standard InChI is InChI=1S/C23H23N5O2S/c1-16-19-13-20(31-23(19)28(26-16)15-17-5-3-2-4-6-17)22(29)25-18-7-8-21(24-14-18)27-9-11-30-12-10-27/h2-8,13-14H,9-12,15H2,1H3,(H,25,29). The van der Waals surface area contributed by atoms with Crippen molar-refractivity contribution >= 4 is 39.0 Å². The van der Waals surface area contributed by atoms with Crippen LogP contribution >= 0.6 is 11.3 Å². The van der Waals surface area contributed by atoms with E-state index in [0.29, 0.717) is 30.3 Å². The normalized spacial score (nSPS) is 14.2. The molecule has 158 valence electrons. The molecule has 8 heteroatoms. The van der Waals surface area contributed by atoms with Crippen LogP contribution in [0.3, 0.4) is 0 Å². The van der Waals surface area contributed by atoms with Crippen molar-refractivity contribution in [3.05, 3.63) is 70.9 Å². The fourth-order valence-electron chi connectivity index (χ4n) is 3.72. The van der Waals surface area contributed by atoms with Gasteiger partial charge in [-0.3, -0.25) is 9.48 Å². The maximum absolute atomic E-state index is 12.9. The first kappa shape index (κ1) is 19.7. The lowest BCUT2D eigenvalue weighted by Gasteiger charge is -2.27. The summed E-state index contributed by atoms with van der Waals surface area (Å²) >= 11 is 1.46. The second-order valence-corrected chi connectivity index (χ2v) is 8.55. The Bertz CT molecular complexity index is 1190. The number of fused-ring (bicyclic) bond motifs is 1. The topological polar surface area (TPSA) is 72.3 Å². The Morgan fingerprint density at radius 1 is 1.16 bits per heavy atom. The second kappa shape index (κ2) is 8.49. The molecular formula is C23H23N5O2S. The molecule has 3 aromatic heterocycles. The fraction of sp³-hybridized carbons (Fsp3) is 0.261. The van der Waals surface area contributed by atoms with E-state index in [1.807, 2.05) is 48.0 Å². The number of nitrogens with zero attached hydrogens (tertiary/aromatic N) is 4. The second-order valence-electron chi connectivity index (χ2n) is 7.52. The number of nitrogens with one attached hydrogen (secondary N) is 1. The maximum Gasteiger partial charge on any atom is 0.265 e. The molecule has 4 heterocycles. The number of hydrogen-bond donors (Lipinski definition) is 1. The van der Waals surface area contributed by atoms with Gasteiger partial charge in [0.05, 0.1) is 42.2 Å². The van der Waals surface area contributed by atoms with Gasteiger partial charge in [0.2, 0.25) is 0 Å². The van der Waals surface area contributed by atoms with Gasteiger partial charge in [0.25, 0.3) is 5.91 Å². The van der Waals surface area contributed by atoms with Gasteiger partial charge in [-0.05, 0) is 30.7 Å². The number of ether oxygens (including phenoxy) is 1. The molecule has 1 aromatic carbocycles. The summed E-state index contributed by atoms with van der Waals surface area (Å²) in [5.74, 6) is 0.771. The number of hydrogen-bond acceptors (Lipinski definition) is 6. The SMILES string of the molecule is Cc1nn(Cc2ccccc2)c2sc(C(=O)Nc3ccc(N4CCOCC4)nc3)cc12. The summed E-state index contributed by atoms with van der Waals surface area (Å²) in [5.41, 5.74) is 2.79. The van der Waals surface area contributed by atoms with Crippen LogP contribution in [0.4, 0.5) is 11.5 Å². The van der Waals surface area contributed by atoms with Crippen molar-refractivity contribution < 1.29 is 9.53 Å². The predicted molar refractivity (Wildman–Crippen MR) is 123 cm³/mol. The summed E-state index contributed by atoms with van der Waals surface area (Å²) in [4.78, 5) is 21.2. The molecule has 0 saturated carbocycles. The molecule has 0 aliphatic carbocycles. The summed E-state index contributed by atoms with van der Waals surface area (Å²) in [6.07, 6.45) is 1.71. The van der Waals surface area contributed by atoms with Gasteiger partial charge in [0.1, 0.15) is 10.6 Å². The van der Waals surface area contributed by atoms with E-state index < -0.39 is 0 Å². The monoisotopic (exact) mass is 433 g/mol. The van der Waals surface area contributed by atoms with Crippen molar-refractivity contribution in [3.63, 3.8) is 0 Å². The van der Waals surface area contributed by atoms with Crippen molar-refractivity contribution in [1.82, 2.24) is 14.8 Å². The van der Waals surface area contributed by atoms with Crippen LogP contribution in [0.1, 0.15) is 20.9 Å². The van der Waals surface area contributed by atoms with Gasteiger partial charge in [-0.2, -0.15) is 5.10 Å². The number of aromatic nitrogens is 3. The zero-order valence-corrected chi connectivity index (χ0v) is 18.1. The first-order chi connectivity index (χ1) is 15.2. The number of benzene rings is 1. The minimum atomic E-state index is -0.132. The Kier molecular flexibility index (Phi) is 5.40. The smallest absolute Gasteiger partial charge is 0.265 e. The zero-order chi connectivity index (χ0) is 21.2. The average Bonchev–Trinajstić information content (AvgIpc) is 3.37. The Balaban J connectivity index is 1.32. The first-order valence-electron chi connectivity index (χ1n) is 10.3. The van der Waals surface area contributed by atoms with Gasteiger partial charge in [0.15, 0.2) is 0 Å². The molecule has 5 rings (SSSR count). The molecule has 0 atom stereocenters. The van der Waals surface area contributed by atoms with Gasteiger partial charge in [-0.1, -0.05) is 30.3 Å². The van der Waals surface area contributed by atoms with Crippen molar-refractivity contribution in [2.75, 3.05) is 36.5 Å². The lowest BCUT2D eigenvalue weighted by Crippen LogP contribution is -2.36. The molecule has 1 aliphatic rings. The maximum atomic E-state index is 12.9. The summed E-state index contributed by atoms with van der Waals surface area (Å²) in [6, 6.07) is 16.0. The van der Waals surface area contributed by atoms with Gasteiger partial charge in [-0.15, -0.1) is 11.3 Å². The lowest BCUT2D eigenvalue weighted by molar-refractivity contribution is 0.103. The van der Waals surface area contributed by atoms with Crippen molar-refractivity contribution in [2.45, 2.75) is 13.5 Å². The van der Waals surface area contributed by atoms with Crippen LogP contribution in [0.25, 0.3) is 10.2 Å². The Morgan fingerprint density at radius 3 is 2.71 bits per heavy atom. The van der Waals surface area contributed by atoms with Crippen molar-refractivity contribution in [1.29, 1.82) is 0 Å². The van der Waals surface area contributed by atoms with Crippen LogP contribution in [0.15, 0.2) is 54.7 Å². The van der Waals surface area contributed by atoms with Crippen molar-refractivity contribution in [2.24, 2.45) is 0 Å². The van der Waals surface area contributed by atoms with E-state index in [1.54, 1.807) is 6.20 Å². The molecule has 31 heavy (non-hydrogen) atoms. The van der Waals surface area contributed by atoms with E-state index >= 15 is 0 Å². The number of aryl methyl sites for hydroxylation is 1. The van der Waals surface area contributed by atoms with E-state index in [9.17, 15) is 4.79 Å². The van der Waals surface area contributed by atoms with E-state index in [0.717, 1.165) is 34.8 Å². The fourth-order valence-corrected chi connectivity index (χ4v) is 4.78. The molecule has 1 aliphatic heterocycles. The summed E-state index contributed by atoms with van der Waals surface area (Å²) < 4.78 is 7.36. The largest absolute Gasteiger partial charge is 0.378 e. The summed E-state index contributed by atoms with van der Waals surface area (Å²) in [5, 5.41) is 8.64. The molecule has 4 aromatic rings. The Labute approximate surface area is 184 Å². The highest BCUT2D eigenvalue weighted by Gasteiger charge is 2.17. The van der Waals surface area contributed by atoms with Crippen LogP contribution in [-0.2, 0) is 11.3 Å². The third-order valence-corrected chi connectivity index (χ3v) is 6.49. The van der Waals surface area contributed by atoms with Crippen molar-refractivity contribution in [3.8, 4) is 0 Å². The number of amides is 1. The third-order valence-electron chi connectivity index (χ3n) is 5.35. The molecule has 1 fully saturated rings. The molecular weight excluding hydrogens is 410 g/mol. The zero-order valence-electron chi connectivity index (χ0n) is 17.2. The number of anilines is 2.